The molecule has 0 aliphatic heterocycles. The number of aromatic nitrogens is 2. The van der Waals surface area contributed by atoms with E-state index in [1.165, 1.54) is 4.90 Å². The van der Waals surface area contributed by atoms with Gasteiger partial charge in [0, 0.05) is 18.3 Å². The predicted octanol–water partition coefficient (Wildman–Crippen LogP) is 3.26. The molecule has 0 atom stereocenters. The second-order valence-electron chi connectivity index (χ2n) is 4.54. The van der Waals surface area contributed by atoms with Crippen LogP contribution in [0.15, 0.2) is 35.1 Å². The quantitative estimate of drug-likeness (QED) is 0.946. The number of benzene rings is 1. The van der Waals surface area contributed by atoms with Crippen molar-refractivity contribution in [2.24, 2.45) is 0 Å². The third kappa shape index (κ3) is 3.42. The van der Waals surface area contributed by atoms with Gasteiger partial charge in [-0.25, -0.2) is 4.98 Å². The molecule has 1 N–H and O–H groups in total. The van der Waals surface area contributed by atoms with Gasteiger partial charge in [-0.3, -0.25) is 9.78 Å². The molecule has 0 bridgehead atoms. The highest BCUT2D eigenvalue weighted by Gasteiger charge is 2.34. The van der Waals surface area contributed by atoms with Crippen molar-refractivity contribution in [1.29, 1.82) is 0 Å². The molecule has 0 amide bonds. The van der Waals surface area contributed by atoms with Gasteiger partial charge in [-0.1, -0.05) is 12.1 Å². The molecule has 1 aromatic heterocycles. The molecular weight excluding hydrogens is 283 g/mol. The number of anilines is 2. The minimum atomic E-state index is -4.66. The first kappa shape index (κ1) is 15.1. The van der Waals surface area contributed by atoms with Gasteiger partial charge in [0.25, 0.3) is 5.56 Å². The summed E-state index contributed by atoms with van der Waals surface area (Å²) < 4.78 is 38.2. The molecule has 21 heavy (non-hydrogen) atoms. The molecule has 2 rings (SSSR count). The fraction of sp³-hybridized carbons (Fsp3) is 0.286. The van der Waals surface area contributed by atoms with Crippen LogP contribution in [0.2, 0.25) is 0 Å². The minimum absolute atomic E-state index is 0.122. The molecule has 4 nitrogen and oxygen atoms in total. The molecule has 7 heteroatoms. The first-order valence-corrected chi connectivity index (χ1v) is 6.34. The maximum absolute atomic E-state index is 12.7. The fourth-order valence-electron chi connectivity index (χ4n) is 1.97. The number of rotatable bonds is 3. The molecule has 0 unspecified atom stereocenters. The molecule has 0 fully saturated rings. The summed E-state index contributed by atoms with van der Waals surface area (Å²) in [6.45, 7) is 4.01. The third-order valence-electron chi connectivity index (χ3n) is 2.90. The lowest BCUT2D eigenvalue weighted by molar-refractivity contribution is -0.141. The zero-order valence-electron chi connectivity index (χ0n) is 11.5. The monoisotopic (exact) mass is 297 g/mol. The van der Waals surface area contributed by atoms with E-state index in [1.54, 1.807) is 19.1 Å². The topological polar surface area (TPSA) is 49.0 Å². The average molecular weight is 297 g/mol. The largest absolute Gasteiger partial charge is 0.433 e. The minimum Gasteiger partial charge on any atom is -0.312 e. The number of H-pyrrole nitrogens is 1. The van der Waals surface area contributed by atoms with Crippen LogP contribution in [-0.2, 0) is 6.18 Å². The summed E-state index contributed by atoms with van der Waals surface area (Å²) in [5, 5.41) is 0. The van der Waals surface area contributed by atoms with Crippen molar-refractivity contribution in [2.45, 2.75) is 20.0 Å². The van der Waals surface area contributed by atoms with Crippen molar-refractivity contribution in [3.63, 3.8) is 0 Å². The summed E-state index contributed by atoms with van der Waals surface area (Å²) in [6.07, 6.45) is -4.66. The van der Waals surface area contributed by atoms with E-state index in [4.69, 9.17) is 0 Å². The van der Waals surface area contributed by atoms with E-state index in [0.29, 0.717) is 18.3 Å². The predicted molar refractivity (Wildman–Crippen MR) is 73.7 cm³/mol. The number of hydrogen-bond acceptors (Lipinski definition) is 3. The van der Waals surface area contributed by atoms with E-state index in [0.717, 1.165) is 5.56 Å². The second-order valence-corrected chi connectivity index (χ2v) is 4.54. The van der Waals surface area contributed by atoms with Crippen LogP contribution in [-0.4, -0.2) is 16.5 Å². The van der Waals surface area contributed by atoms with Crippen molar-refractivity contribution in [3.05, 3.63) is 51.9 Å². The number of nitrogens with one attached hydrogen (secondary N) is 1. The highest BCUT2D eigenvalue weighted by molar-refractivity contribution is 5.58. The molecular formula is C14H14F3N3O. The Bertz CT molecular complexity index is 694. The highest BCUT2D eigenvalue weighted by atomic mass is 19.4. The first-order chi connectivity index (χ1) is 9.81. The van der Waals surface area contributed by atoms with Crippen LogP contribution in [0.1, 0.15) is 18.2 Å². The number of nitrogens with zero attached hydrogens (tertiary/aromatic N) is 2. The van der Waals surface area contributed by atoms with Crippen LogP contribution in [0.3, 0.4) is 0 Å². The fourth-order valence-corrected chi connectivity index (χ4v) is 1.97. The lowest BCUT2D eigenvalue weighted by atomic mass is 10.2. The van der Waals surface area contributed by atoms with Gasteiger partial charge >= 0.3 is 6.18 Å². The SMILES string of the molecule is CCN(c1cccc(C)c1)c1nc(C(F)(F)F)cc(=O)[nH]1. The van der Waals surface area contributed by atoms with Gasteiger partial charge in [0.05, 0.1) is 0 Å². The van der Waals surface area contributed by atoms with E-state index >= 15 is 0 Å². The number of hydrogen-bond donors (Lipinski definition) is 1. The second kappa shape index (κ2) is 5.59. The lowest BCUT2D eigenvalue weighted by Crippen LogP contribution is -2.25. The van der Waals surface area contributed by atoms with Gasteiger partial charge in [0.2, 0.25) is 5.95 Å². The van der Waals surface area contributed by atoms with E-state index in [1.807, 2.05) is 19.1 Å². The van der Waals surface area contributed by atoms with Crippen molar-refractivity contribution >= 4 is 11.6 Å². The Kier molecular flexibility index (Phi) is 4.02. The van der Waals surface area contributed by atoms with Gasteiger partial charge < -0.3 is 4.90 Å². The normalized spacial score (nSPS) is 11.5. The van der Waals surface area contributed by atoms with Gasteiger partial charge in [-0.15, -0.1) is 0 Å². The van der Waals surface area contributed by atoms with Crippen LogP contribution in [0.5, 0.6) is 0 Å². The van der Waals surface area contributed by atoms with Gasteiger partial charge in [0.15, 0.2) is 5.69 Å². The average Bonchev–Trinajstić information content (AvgIpc) is 2.38. The van der Waals surface area contributed by atoms with E-state index in [-0.39, 0.29) is 5.95 Å². The molecule has 0 aliphatic rings. The summed E-state index contributed by atoms with van der Waals surface area (Å²) in [5.74, 6) is -0.122. The summed E-state index contributed by atoms with van der Waals surface area (Å²) in [5.41, 5.74) is -0.411. The van der Waals surface area contributed by atoms with Gasteiger partial charge in [0.1, 0.15) is 0 Å². The van der Waals surface area contributed by atoms with Crippen molar-refractivity contribution in [1.82, 2.24) is 9.97 Å². The summed E-state index contributed by atoms with van der Waals surface area (Å²) in [7, 11) is 0. The maximum Gasteiger partial charge on any atom is 0.433 e. The number of aryl methyl sites for hydroxylation is 1. The summed E-state index contributed by atoms with van der Waals surface area (Å²) >= 11 is 0. The van der Waals surface area contributed by atoms with Crippen LogP contribution in [0.25, 0.3) is 0 Å². The number of halogens is 3. The van der Waals surface area contributed by atoms with Crippen LogP contribution < -0.4 is 10.5 Å². The Labute approximate surface area is 119 Å². The van der Waals surface area contributed by atoms with Crippen LogP contribution in [0.4, 0.5) is 24.8 Å². The molecule has 0 aliphatic carbocycles. The molecule has 112 valence electrons. The molecule has 1 aromatic carbocycles. The standard InChI is InChI=1S/C14H14F3N3O/c1-3-20(10-6-4-5-9(2)7-10)13-18-11(14(15,16)17)8-12(21)19-13/h4-8H,3H2,1-2H3,(H,18,19,21). The molecule has 2 aromatic rings. The summed E-state index contributed by atoms with van der Waals surface area (Å²) in [6, 6.07) is 7.67. The van der Waals surface area contributed by atoms with Crippen molar-refractivity contribution < 1.29 is 13.2 Å². The van der Waals surface area contributed by atoms with E-state index < -0.39 is 17.4 Å². The van der Waals surface area contributed by atoms with Gasteiger partial charge in [-0.2, -0.15) is 13.2 Å². The third-order valence-corrected chi connectivity index (χ3v) is 2.90. The number of alkyl halides is 3. The molecule has 0 spiro atoms. The molecule has 1 heterocycles. The van der Waals surface area contributed by atoms with Crippen molar-refractivity contribution in [2.75, 3.05) is 11.4 Å². The van der Waals surface area contributed by atoms with Crippen LogP contribution in [0, 0.1) is 6.92 Å². The van der Waals surface area contributed by atoms with Gasteiger partial charge in [-0.05, 0) is 31.5 Å². The summed E-state index contributed by atoms with van der Waals surface area (Å²) in [4.78, 5) is 18.8. The first-order valence-electron chi connectivity index (χ1n) is 6.34. The maximum atomic E-state index is 12.7. The molecule has 0 radical (unpaired) electrons. The molecule has 0 saturated carbocycles. The molecule has 0 saturated heterocycles. The zero-order valence-corrected chi connectivity index (χ0v) is 11.5. The Morgan fingerprint density at radius 1 is 1.29 bits per heavy atom. The van der Waals surface area contributed by atoms with Crippen LogP contribution >= 0.6 is 0 Å². The Balaban J connectivity index is 2.53. The smallest absolute Gasteiger partial charge is 0.312 e. The Morgan fingerprint density at radius 3 is 2.57 bits per heavy atom. The zero-order chi connectivity index (χ0) is 15.6. The van der Waals surface area contributed by atoms with E-state index in [9.17, 15) is 18.0 Å². The number of aromatic amines is 1. The van der Waals surface area contributed by atoms with Crippen molar-refractivity contribution in [3.8, 4) is 0 Å². The lowest BCUT2D eigenvalue weighted by Gasteiger charge is -2.22. The Morgan fingerprint density at radius 2 is 2.00 bits per heavy atom. The highest BCUT2D eigenvalue weighted by Crippen LogP contribution is 2.29. The Hall–Kier alpha value is -2.31. The van der Waals surface area contributed by atoms with E-state index in [2.05, 4.69) is 9.97 Å².